The van der Waals surface area contributed by atoms with Gasteiger partial charge < -0.3 is 15.5 Å². The molecule has 4 rings (SSSR count). The quantitative estimate of drug-likeness (QED) is 0.626. The number of hydrogen-bond acceptors (Lipinski definition) is 4. The summed E-state index contributed by atoms with van der Waals surface area (Å²) >= 11 is 12.3. The number of carbonyl (C=O) groups excluding carboxylic acids is 1. The van der Waals surface area contributed by atoms with Gasteiger partial charge in [0, 0.05) is 43.0 Å². The van der Waals surface area contributed by atoms with Crippen molar-refractivity contribution in [1.82, 2.24) is 10.3 Å². The third kappa shape index (κ3) is 4.81. The lowest BCUT2D eigenvalue weighted by Crippen LogP contribution is -2.43. The minimum atomic E-state index is -0.0828. The van der Waals surface area contributed by atoms with Crippen molar-refractivity contribution in [3.63, 3.8) is 0 Å². The van der Waals surface area contributed by atoms with E-state index in [9.17, 15) is 4.79 Å². The molecule has 7 heteroatoms. The lowest BCUT2D eigenvalue weighted by molar-refractivity contribution is -0.116. The minimum Gasteiger partial charge on any atom is -0.354 e. The fourth-order valence-corrected chi connectivity index (χ4v) is 3.81. The third-order valence-corrected chi connectivity index (χ3v) is 5.63. The van der Waals surface area contributed by atoms with Crippen molar-refractivity contribution in [1.29, 1.82) is 0 Å². The van der Waals surface area contributed by atoms with Gasteiger partial charge in [0.2, 0.25) is 5.91 Å². The highest BCUT2D eigenvalue weighted by atomic mass is 35.5. The van der Waals surface area contributed by atoms with Gasteiger partial charge in [0.25, 0.3) is 0 Å². The van der Waals surface area contributed by atoms with Crippen LogP contribution < -0.4 is 15.5 Å². The second-order valence-electron chi connectivity index (χ2n) is 7.07. The Bertz CT molecular complexity index is 1020. The first-order valence-corrected chi connectivity index (χ1v) is 10.4. The first-order chi connectivity index (χ1) is 14.1. The molecule has 0 saturated carbocycles. The number of fused-ring (bicyclic) bond motifs is 1. The Morgan fingerprint density at radius 2 is 1.79 bits per heavy atom. The highest BCUT2D eigenvalue weighted by molar-refractivity contribution is 6.35. The predicted molar refractivity (Wildman–Crippen MR) is 120 cm³/mol. The van der Waals surface area contributed by atoms with Crippen LogP contribution >= 0.6 is 23.2 Å². The van der Waals surface area contributed by atoms with E-state index in [-0.39, 0.29) is 5.91 Å². The number of amides is 1. The SMILES string of the molecule is O=C(CCc1ccc(Cl)cc1)Nc1c(Cl)ccc2nc(N3CCNCC3)ccc12. The molecule has 3 aromatic rings. The Hall–Kier alpha value is -2.34. The van der Waals surface area contributed by atoms with E-state index in [1.54, 1.807) is 6.07 Å². The van der Waals surface area contributed by atoms with Crippen LogP contribution in [0.25, 0.3) is 10.9 Å². The zero-order valence-electron chi connectivity index (χ0n) is 15.9. The number of carbonyl (C=O) groups is 1. The number of halogens is 2. The number of benzene rings is 2. The smallest absolute Gasteiger partial charge is 0.224 e. The number of nitrogens with zero attached hydrogens (tertiary/aromatic N) is 2. The summed E-state index contributed by atoms with van der Waals surface area (Å²) in [6.07, 6.45) is 0.997. The van der Waals surface area contributed by atoms with Gasteiger partial charge in [-0.05, 0) is 48.4 Å². The molecule has 5 nitrogen and oxygen atoms in total. The number of anilines is 2. The van der Waals surface area contributed by atoms with E-state index in [0.717, 1.165) is 48.5 Å². The Kier molecular flexibility index (Phi) is 6.19. The van der Waals surface area contributed by atoms with Gasteiger partial charge in [-0.1, -0.05) is 35.3 Å². The van der Waals surface area contributed by atoms with Crippen LogP contribution in [0.4, 0.5) is 11.5 Å². The van der Waals surface area contributed by atoms with E-state index in [4.69, 9.17) is 28.2 Å². The predicted octanol–water partition coefficient (Wildman–Crippen LogP) is 4.52. The summed E-state index contributed by atoms with van der Waals surface area (Å²) in [4.78, 5) is 19.6. The molecule has 1 saturated heterocycles. The number of nitrogens with one attached hydrogen (secondary N) is 2. The monoisotopic (exact) mass is 428 g/mol. The maximum Gasteiger partial charge on any atom is 0.224 e. The lowest BCUT2D eigenvalue weighted by atomic mass is 10.1. The van der Waals surface area contributed by atoms with Crippen molar-refractivity contribution in [2.24, 2.45) is 0 Å². The van der Waals surface area contributed by atoms with E-state index in [1.165, 1.54) is 0 Å². The average Bonchev–Trinajstić information content (AvgIpc) is 2.75. The molecule has 0 bridgehead atoms. The second-order valence-corrected chi connectivity index (χ2v) is 7.91. The summed E-state index contributed by atoms with van der Waals surface area (Å²) in [6.45, 7) is 3.77. The zero-order chi connectivity index (χ0) is 20.2. The van der Waals surface area contributed by atoms with Crippen LogP contribution in [-0.2, 0) is 11.2 Å². The van der Waals surface area contributed by atoms with Crippen LogP contribution in [0.5, 0.6) is 0 Å². The van der Waals surface area contributed by atoms with Crippen LogP contribution in [0.15, 0.2) is 48.5 Å². The second kappa shape index (κ2) is 8.99. The van der Waals surface area contributed by atoms with Gasteiger partial charge in [0.15, 0.2) is 0 Å². The Morgan fingerprint density at radius 3 is 2.55 bits per heavy atom. The molecule has 0 aliphatic carbocycles. The minimum absolute atomic E-state index is 0.0828. The normalized spacial score (nSPS) is 14.2. The maximum atomic E-state index is 12.5. The Balaban J connectivity index is 1.50. The van der Waals surface area contributed by atoms with E-state index in [1.807, 2.05) is 42.5 Å². The van der Waals surface area contributed by atoms with Crippen molar-refractivity contribution in [2.75, 3.05) is 36.4 Å². The van der Waals surface area contributed by atoms with Gasteiger partial charge >= 0.3 is 0 Å². The maximum absolute atomic E-state index is 12.5. The molecule has 29 heavy (non-hydrogen) atoms. The molecule has 0 unspecified atom stereocenters. The van der Waals surface area contributed by atoms with Crippen molar-refractivity contribution < 1.29 is 4.79 Å². The van der Waals surface area contributed by atoms with Gasteiger partial charge in [0.1, 0.15) is 5.82 Å². The molecule has 1 fully saturated rings. The van der Waals surface area contributed by atoms with Crippen LogP contribution in [0.3, 0.4) is 0 Å². The average molecular weight is 429 g/mol. The standard InChI is InChI=1S/C22H22Cl2N4O/c23-16-4-1-15(2-5-16)3-10-21(29)27-22-17-6-9-20(28-13-11-25-12-14-28)26-19(17)8-7-18(22)24/h1-2,4-9,25H,3,10-14H2,(H,27,29). The molecular formula is C22H22Cl2N4O. The summed E-state index contributed by atoms with van der Waals surface area (Å²) < 4.78 is 0. The molecule has 1 aliphatic heterocycles. The van der Waals surface area contributed by atoms with Crippen molar-refractivity contribution in [2.45, 2.75) is 12.8 Å². The number of rotatable bonds is 5. The largest absolute Gasteiger partial charge is 0.354 e. The molecular weight excluding hydrogens is 407 g/mol. The van der Waals surface area contributed by atoms with Crippen molar-refractivity contribution in [3.05, 3.63) is 64.1 Å². The first-order valence-electron chi connectivity index (χ1n) is 9.69. The van der Waals surface area contributed by atoms with E-state index in [0.29, 0.717) is 28.6 Å². The topological polar surface area (TPSA) is 57.3 Å². The molecule has 0 radical (unpaired) electrons. The summed E-state index contributed by atoms with van der Waals surface area (Å²) in [5, 5.41) is 8.36. The highest BCUT2D eigenvalue weighted by Gasteiger charge is 2.15. The first kappa shape index (κ1) is 20.0. The summed E-state index contributed by atoms with van der Waals surface area (Å²) in [5.41, 5.74) is 2.50. The van der Waals surface area contributed by atoms with Gasteiger partial charge in [0.05, 0.1) is 16.2 Å². The van der Waals surface area contributed by atoms with Crippen molar-refractivity contribution >= 4 is 51.5 Å². The number of piperazine rings is 1. The molecule has 150 valence electrons. The summed E-state index contributed by atoms with van der Waals surface area (Å²) in [6, 6.07) is 15.2. The van der Waals surface area contributed by atoms with Gasteiger partial charge in [-0.15, -0.1) is 0 Å². The molecule has 2 N–H and O–H groups in total. The van der Waals surface area contributed by atoms with Gasteiger partial charge in [-0.3, -0.25) is 4.79 Å². The molecule has 1 aliphatic rings. The van der Waals surface area contributed by atoms with Gasteiger partial charge in [-0.25, -0.2) is 4.98 Å². The number of aromatic nitrogens is 1. The zero-order valence-corrected chi connectivity index (χ0v) is 17.4. The van der Waals surface area contributed by atoms with Crippen LogP contribution in [0, 0.1) is 0 Å². The van der Waals surface area contributed by atoms with Gasteiger partial charge in [-0.2, -0.15) is 0 Å². The summed E-state index contributed by atoms with van der Waals surface area (Å²) in [7, 11) is 0. The number of hydrogen-bond donors (Lipinski definition) is 2. The van der Waals surface area contributed by atoms with E-state index >= 15 is 0 Å². The molecule has 1 aromatic heterocycles. The van der Waals surface area contributed by atoms with Crippen LogP contribution in [-0.4, -0.2) is 37.1 Å². The molecule has 0 atom stereocenters. The molecule has 0 spiro atoms. The fourth-order valence-electron chi connectivity index (χ4n) is 3.47. The fraction of sp³-hybridized carbons (Fsp3) is 0.273. The van der Waals surface area contributed by atoms with Crippen LogP contribution in [0.1, 0.15) is 12.0 Å². The number of pyridine rings is 1. The van der Waals surface area contributed by atoms with Crippen LogP contribution in [0.2, 0.25) is 10.0 Å². The highest BCUT2D eigenvalue weighted by Crippen LogP contribution is 2.32. The van der Waals surface area contributed by atoms with Crippen molar-refractivity contribution in [3.8, 4) is 0 Å². The Labute approximate surface area is 180 Å². The molecule has 2 heterocycles. The Morgan fingerprint density at radius 1 is 1.03 bits per heavy atom. The molecule has 2 aromatic carbocycles. The molecule has 1 amide bonds. The lowest BCUT2D eigenvalue weighted by Gasteiger charge is -2.28. The van der Waals surface area contributed by atoms with E-state index in [2.05, 4.69) is 15.5 Å². The number of aryl methyl sites for hydroxylation is 1. The van der Waals surface area contributed by atoms with E-state index < -0.39 is 0 Å². The third-order valence-electron chi connectivity index (χ3n) is 5.07. The summed E-state index contributed by atoms with van der Waals surface area (Å²) in [5.74, 6) is 0.863.